The number of ether oxygens (including phenoxy) is 3. The summed E-state index contributed by atoms with van der Waals surface area (Å²) < 4.78 is 17.2. The van der Waals surface area contributed by atoms with E-state index in [1.165, 1.54) is 22.3 Å². The molecule has 0 amide bonds. The first-order valence-electron chi connectivity index (χ1n) is 7.95. The van der Waals surface area contributed by atoms with Crippen LogP contribution >= 0.6 is 11.3 Å². The summed E-state index contributed by atoms with van der Waals surface area (Å²) in [6.45, 7) is 2.05. The van der Waals surface area contributed by atoms with Crippen molar-refractivity contribution in [2.45, 2.75) is 13.3 Å². The molecule has 26 heavy (non-hydrogen) atoms. The number of thiophene rings is 1. The number of methoxy groups -OCH3 is 3. The highest BCUT2D eigenvalue weighted by Gasteiger charge is 2.12. The zero-order valence-corrected chi connectivity index (χ0v) is 15.8. The monoisotopic (exact) mass is 373 g/mol. The van der Waals surface area contributed by atoms with Crippen molar-refractivity contribution >= 4 is 27.8 Å². The maximum atomic E-state index is 12.6. The van der Waals surface area contributed by atoms with Crippen LogP contribution in [0.5, 0.6) is 17.2 Å². The Morgan fingerprint density at radius 1 is 1.15 bits per heavy atom. The molecule has 0 unspecified atom stereocenters. The topological polar surface area (TPSA) is 74.9 Å². The first kappa shape index (κ1) is 17.9. The van der Waals surface area contributed by atoms with Crippen molar-refractivity contribution in [3.05, 3.63) is 45.3 Å². The van der Waals surface area contributed by atoms with Crippen LogP contribution in [0.1, 0.15) is 17.4 Å². The number of rotatable bonds is 6. The number of fused-ring (bicyclic) bond motifs is 1. The van der Waals surface area contributed by atoms with Crippen molar-refractivity contribution in [2.24, 2.45) is 5.10 Å². The quantitative estimate of drug-likeness (QED) is 0.621. The molecule has 0 radical (unpaired) electrons. The summed E-state index contributed by atoms with van der Waals surface area (Å²) in [6.07, 6.45) is 3.84. The highest BCUT2D eigenvalue weighted by atomic mass is 32.1. The van der Waals surface area contributed by atoms with Crippen LogP contribution in [0.15, 0.2) is 34.4 Å². The fourth-order valence-corrected chi connectivity index (χ4v) is 3.45. The Labute approximate surface area is 154 Å². The fourth-order valence-electron chi connectivity index (χ4n) is 2.52. The molecule has 3 aromatic rings. The molecule has 7 nitrogen and oxygen atoms in total. The lowest BCUT2D eigenvalue weighted by Gasteiger charge is -2.12. The minimum atomic E-state index is -0.199. The molecule has 0 saturated heterocycles. The van der Waals surface area contributed by atoms with Crippen LogP contribution in [0, 0.1) is 0 Å². The smallest absolute Gasteiger partial charge is 0.282 e. The van der Waals surface area contributed by atoms with Crippen molar-refractivity contribution in [2.75, 3.05) is 21.3 Å². The summed E-state index contributed by atoms with van der Waals surface area (Å²) in [5.41, 5.74) is 0.501. The molecule has 136 valence electrons. The van der Waals surface area contributed by atoms with Crippen LogP contribution in [0.4, 0.5) is 0 Å². The van der Waals surface area contributed by atoms with Gasteiger partial charge in [0.05, 0.1) is 32.9 Å². The van der Waals surface area contributed by atoms with E-state index in [0.717, 1.165) is 16.1 Å². The molecule has 0 aliphatic rings. The van der Waals surface area contributed by atoms with Crippen molar-refractivity contribution in [1.82, 2.24) is 9.66 Å². The Morgan fingerprint density at radius 3 is 2.42 bits per heavy atom. The van der Waals surface area contributed by atoms with E-state index in [1.807, 2.05) is 13.0 Å². The number of nitrogens with zero attached hydrogens (tertiary/aromatic N) is 3. The Morgan fingerprint density at radius 2 is 1.85 bits per heavy atom. The summed E-state index contributed by atoms with van der Waals surface area (Å²) >= 11 is 1.53. The number of aromatic nitrogens is 2. The number of hydrogen-bond donors (Lipinski definition) is 0. The molecule has 0 spiro atoms. The second-order valence-electron chi connectivity index (χ2n) is 5.38. The first-order chi connectivity index (χ1) is 12.6. The maximum Gasteiger partial charge on any atom is 0.282 e. The molecule has 2 aromatic heterocycles. The first-order valence-corrected chi connectivity index (χ1v) is 8.77. The van der Waals surface area contributed by atoms with E-state index < -0.39 is 0 Å². The van der Waals surface area contributed by atoms with Gasteiger partial charge in [-0.05, 0) is 24.6 Å². The van der Waals surface area contributed by atoms with Gasteiger partial charge in [0.1, 0.15) is 11.2 Å². The highest BCUT2D eigenvalue weighted by Crippen LogP contribution is 2.37. The van der Waals surface area contributed by atoms with E-state index in [2.05, 4.69) is 10.1 Å². The number of hydrogen-bond acceptors (Lipinski definition) is 7. The van der Waals surface area contributed by atoms with E-state index in [4.69, 9.17) is 14.2 Å². The Kier molecular flexibility index (Phi) is 5.22. The zero-order chi connectivity index (χ0) is 18.7. The van der Waals surface area contributed by atoms with Gasteiger partial charge >= 0.3 is 0 Å². The second-order valence-corrected chi connectivity index (χ2v) is 6.50. The Balaban J connectivity index is 2.01. The number of benzene rings is 1. The van der Waals surface area contributed by atoms with Crippen LogP contribution in [0.2, 0.25) is 0 Å². The van der Waals surface area contributed by atoms with E-state index in [1.54, 1.807) is 39.7 Å². The highest BCUT2D eigenvalue weighted by molar-refractivity contribution is 7.18. The van der Waals surface area contributed by atoms with Gasteiger partial charge in [-0.1, -0.05) is 6.92 Å². The predicted octanol–water partition coefficient (Wildman–Crippen LogP) is 2.93. The van der Waals surface area contributed by atoms with Gasteiger partial charge in [0.15, 0.2) is 11.5 Å². The van der Waals surface area contributed by atoms with Gasteiger partial charge < -0.3 is 14.2 Å². The SMILES string of the molecule is CCc1cc2c(=O)n(/N=C\c3cc(OC)c(OC)c(OC)c3)cnc2s1. The van der Waals surface area contributed by atoms with Crippen molar-refractivity contribution < 1.29 is 14.2 Å². The lowest BCUT2D eigenvalue weighted by atomic mass is 10.2. The van der Waals surface area contributed by atoms with Gasteiger partial charge in [0, 0.05) is 10.4 Å². The van der Waals surface area contributed by atoms with Gasteiger partial charge in [0.2, 0.25) is 5.75 Å². The third kappa shape index (κ3) is 3.28. The van der Waals surface area contributed by atoms with E-state index in [0.29, 0.717) is 28.2 Å². The molecule has 0 bridgehead atoms. The lowest BCUT2D eigenvalue weighted by molar-refractivity contribution is 0.324. The molecular formula is C18H19N3O4S. The zero-order valence-electron chi connectivity index (χ0n) is 15.0. The van der Waals surface area contributed by atoms with Gasteiger partial charge in [-0.15, -0.1) is 11.3 Å². The minimum Gasteiger partial charge on any atom is -0.493 e. The van der Waals surface area contributed by atoms with Crippen LogP contribution in [0.25, 0.3) is 10.2 Å². The van der Waals surface area contributed by atoms with E-state index in [-0.39, 0.29) is 5.56 Å². The molecule has 0 fully saturated rings. The molecule has 2 heterocycles. The molecule has 1 aromatic carbocycles. The van der Waals surface area contributed by atoms with Gasteiger partial charge in [-0.2, -0.15) is 9.78 Å². The molecule has 0 N–H and O–H groups in total. The van der Waals surface area contributed by atoms with Gasteiger partial charge in [-0.25, -0.2) is 4.98 Å². The maximum absolute atomic E-state index is 12.6. The van der Waals surface area contributed by atoms with E-state index >= 15 is 0 Å². The van der Waals surface area contributed by atoms with Crippen LogP contribution < -0.4 is 19.8 Å². The largest absolute Gasteiger partial charge is 0.493 e. The van der Waals surface area contributed by atoms with Crippen LogP contribution in [-0.2, 0) is 6.42 Å². The second kappa shape index (κ2) is 7.57. The third-order valence-electron chi connectivity index (χ3n) is 3.85. The predicted molar refractivity (Wildman–Crippen MR) is 102 cm³/mol. The molecular weight excluding hydrogens is 354 g/mol. The average molecular weight is 373 g/mol. The molecule has 8 heteroatoms. The Hall–Kier alpha value is -2.87. The summed E-state index contributed by atoms with van der Waals surface area (Å²) in [6, 6.07) is 5.38. The minimum absolute atomic E-state index is 0.199. The summed E-state index contributed by atoms with van der Waals surface area (Å²) in [4.78, 5) is 18.7. The molecule has 0 aliphatic heterocycles. The van der Waals surface area contributed by atoms with Crippen molar-refractivity contribution in [3.8, 4) is 17.2 Å². The van der Waals surface area contributed by atoms with Gasteiger partial charge in [0.25, 0.3) is 5.56 Å². The standard InChI is InChI=1S/C18H19N3O4S/c1-5-12-8-13-17(26-12)19-10-21(18(13)22)20-9-11-6-14(23-2)16(25-4)15(7-11)24-3/h6-10H,5H2,1-4H3/b20-9-. The molecule has 3 rings (SSSR count). The summed E-state index contributed by atoms with van der Waals surface area (Å²) in [7, 11) is 4.63. The van der Waals surface area contributed by atoms with E-state index in [9.17, 15) is 4.79 Å². The fraction of sp³-hybridized carbons (Fsp3) is 0.278. The molecule has 0 saturated carbocycles. The Bertz CT molecular complexity index is 998. The summed E-state index contributed by atoms with van der Waals surface area (Å²) in [5, 5.41) is 4.82. The van der Waals surface area contributed by atoms with Gasteiger partial charge in [-0.3, -0.25) is 4.79 Å². The summed E-state index contributed by atoms with van der Waals surface area (Å²) in [5.74, 6) is 1.53. The molecule has 0 atom stereocenters. The third-order valence-corrected chi connectivity index (χ3v) is 5.04. The normalized spacial score (nSPS) is 11.2. The van der Waals surface area contributed by atoms with Crippen molar-refractivity contribution in [3.63, 3.8) is 0 Å². The molecule has 0 aliphatic carbocycles. The van der Waals surface area contributed by atoms with Crippen molar-refractivity contribution in [1.29, 1.82) is 0 Å². The average Bonchev–Trinajstić information content (AvgIpc) is 3.10. The number of aryl methyl sites for hydroxylation is 1. The lowest BCUT2D eigenvalue weighted by Crippen LogP contribution is -2.16. The van der Waals surface area contributed by atoms with Crippen LogP contribution in [-0.4, -0.2) is 37.2 Å². The van der Waals surface area contributed by atoms with Crippen LogP contribution in [0.3, 0.4) is 0 Å².